The number of hydrogen-bond acceptors (Lipinski definition) is 27. The van der Waals surface area contributed by atoms with Crippen molar-refractivity contribution in [2.45, 2.75) is 144 Å². The fourth-order valence-corrected chi connectivity index (χ4v) is 13.7. The van der Waals surface area contributed by atoms with Crippen molar-refractivity contribution >= 4 is 130 Å². The quantitative estimate of drug-likeness (QED) is 0.0106. The maximum atomic E-state index is 14.5. The monoisotopic (exact) mass is 1550 g/mol. The number of hydroxylamine groups is 4. The summed E-state index contributed by atoms with van der Waals surface area (Å²) in [4.78, 5) is 266. The number of carboxylic acid groups (broad SMARTS) is 3. The molecular formula is C68H76N14O27S. The van der Waals surface area contributed by atoms with E-state index in [0.29, 0.717) is 29.1 Å². The Morgan fingerprint density at radius 2 is 1.42 bits per heavy atom. The number of pyridine rings is 1. The predicted octanol–water partition coefficient (Wildman–Crippen LogP) is -1.13. The molecule has 0 bridgehead atoms. The van der Waals surface area contributed by atoms with Crippen LogP contribution >= 0.6 is 11.8 Å². The van der Waals surface area contributed by atoms with Crippen LogP contribution in [0.4, 0.5) is 10.5 Å². The van der Waals surface area contributed by atoms with Crippen LogP contribution in [0.2, 0.25) is 0 Å². The number of methoxy groups -OCH3 is 1. The molecule has 6 heterocycles. The number of fused-ring (bicyclic) bond motifs is 1. The van der Waals surface area contributed by atoms with Gasteiger partial charge < -0.3 is 82.3 Å². The molecule has 0 aliphatic carbocycles. The van der Waals surface area contributed by atoms with E-state index in [2.05, 4.69) is 53.8 Å². The highest BCUT2D eigenvalue weighted by Crippen LogP contribution is 2.38. The number of hydrogen-bond donors (Lipinski definition) is 11. The minimum atomic E-state index is -1.97. The number of primary amides is 1. The molecule has 0 spiro atoms. The highest BCUT2D eigenvalue weighted by molar-refractivity contribution is 8.00. The third kappa shape index (κ3) is 22.4. The molecule has 1 aromatic heterocycles. The topological polar surface area (TPSA) is 593 Å². The number of nitro benzene ring substituents is 1. The summed E-state index contributed by atoms with van der Waals surface area (Å²) in [6.07, 6.45) is -3.63. The van der Waals surface area contributed by atoms with Gasteiger partial charge in [0.2, 0.25) is 29.5 Å². The largest absolute Gasteiger partial charge is 0.493 e. The van der Waals surface area contributed by atoms with Gasteiger partial charge in [-0.05, 0) is 62.1 Å². The average molecular weight is 1550 g/mol. The number of urea groups is 1. The number of Topliss-reactive ketones (excluding diaryl/α,β-unsaturated/α-hetero) is 2. The van der Waals surface area contributed by atoms with Crippen LogP contribution in [0.25, 0.3) is 0 Å². The van der Waals surface area contributed by atoms with Crippen molar-refractivity contribution in [3.8, 4) is 11.5 Å². The molecule has 10 unspecified atom stereocenters. The number of nitro groups is 1. The Morgan fingerprint density at radius 1 is 0.755 bits per heavy atom. The van der Waals surface area contributed by atoms with Crippen LogP contribution in [-0.2, 0) is 88.1 Å². The number of ketones is 2. The van der Waals surface area contributed by atoms with E-state index in [0.717, 1.165) is 35.4 Å². The second-order valence-electron chi connectivity index (χ2n) is 25.8. The van der Waals surface area contributed by atoms with E-state index in [1.807, 2.05) is 0 Å². The van der Waals surface area contributed by atoms with Crippen LogP contribution < -0.4 is 52.4 Å². The smallest absolute Gasteiger partial charge is 0.363 e. The maximum Gasteiger partial charge on any atom is 0.363 e. The summed E-state index contributed by atoms with van der Waals surface area (Å²) in [5.41, 5.74) is 5.45. The van der Waals surface area contributed by atoms with E-state index < -0.39 is 228 Å². The number of likely N-dealkylation sites (tertiary alicyclic amines) is 1. The highest BCUT2D eigenvalue weighted by Gasteiger charge is 2.45. The van der Waals surface area contributed by atoms with Gasteiger partial charge >= 0.3 is 35.9 Å². The SMILES string of the molecule is C=C1CCC(=O)N1OC(=O)c1ccc(C=NCc2ccc(C(=O)NC(CC(=O)O)C(=O)N3CCCC3C(=O)CC(CC(=O)ON3C(=O)CCC3=O)C(=O)NC(C)c3cc(OC)c(OCC(=O)NC(CNC(=O)CC4SCC5NC(=O)NC54)C(=O)NC(CC(=O)O)C(=O)CC(CC(=O)O)C(N)=O)cc3[N+](=O)[O-])cn2)cc1. The van der Waals surface area contributed by atoms with Gasteiger partial charge in [0.25, 0.3) is 35.2 Å². The van der Waals surface area contributed by atoms with Gasteiger partial charge in [-0.3, -0.25) is 92.0 Å². The molecule has 5 saturated heterocycles. The normalized spacial score (nSPS) is 18.8. The van der Waals surface area contributed by atoms with Crippen LogP contribution in [0.3, 0.4) is 0 Å². The molecular weight excluding hydrogens is 1480 g/mol. The van der Waals surface area contributed by atoms with Crippen LogP contribution in [0.15, 0.2) is 72.0 Å². The molecule has 12 amide bonds. The van der Waals surface area contributed by atoms with Crippen LogP contribution in [0.1, 0.15) is 134 Å². The van der Waals surface area contributed by atoms with Crippen molar-refractivity contribution in [1.82, 2.24) is 57.2 Å². The first-order valence-electron chi connectivity index (χ1n) is 34.0. The molecule has 0 radical (unpaired) electrons. The molecule has 110 heavy (non-hydrogen) atoms. The van der Waals surface area contributed by atoms with Gasteiger partial charge in [-0.2, -0.15) is 11.8 Å². The second kappa shape index (κ2) is 37.6. The number of rotatable bonds is 39. The predicted molar refractivity (Wildman–Crippen MR) is 371 cm³/mol. The zero-order valence-electron chi connectivity index (χ0n) is 58.8. The number of imide groups is 1. The van der Waals surface area contributed by atoms with Crippen molar-refractivity contribution in [3.05, 3.63) is 105 Å². The van der Waals surface area contributed by atoms with Crippen LogP contribution in [0, 0.1) is 22.0 Å². The lowest BCUT2D eigenvalue weighted by atomic mass is 9.93. The zero-order chi connectivity index (χ0) is 80.4. The van der Waals surface area contributed by atoms with Gasteiger partial charge in [0.05, 0.1) is 120 Å². The Morgan fingerprint density at radius 3 is 2.05 bits per heavy atom. The van der Waals surface area contributed by atoms with Crippen molar-refractivity contribution in [1.29, 1.82) is 0 Å². The van der Waals surface area contributed by atoms with Gasteiger partial charge in [-0.15, -0.1) is 10.1 Å². The van der Waals surface area contributed by atoms with E-state index in [1.54, 1.807) is 12.1 Å². The maximum absolute atomic E-state index is 14.5. The molecule has 5 aliphatic heterocycles. The summed E-state index contributed by atoms with van der Waals surface area (Å²) in [7, 11) is 1.07. The minimum absolute atomic E-state index is 0.00307. The number of amides is 12. The molecule has 8 rings (SSSR count). The fraction of sp³-hybridized carbons (Fsp3) is 0.441. The number of nitrogens with zero attached hydrogens (tertiary/aromatic N) is 6. The number of benzene rings is 2. The molecule has 5 aliphatic rings. The first-order valence-corrected chi connectivity index (χ1v) is 35.0. The van der Waals surface area contributed by atoms with Crippen molar-refractivity contribution in [3.63, 3.8) is 0 Å². The Bertz CT molecular complexity index is 4220. The van der Waals surface area contributed by atoms with E-state index in [1.165, 1.54) is 49.2 Å². The lowest BCUT2D eigenvalue weighted by Crippen LogP contribution is -2.57. The van der Waals surface area contributed by atoms with Crippen molar-refractivity contribution < 1.29 is 126 Å². The Labute approximate surface area is 626 Å². The lowest BCUT2D eigenvalue weighted by Gasteiger charge is -2.29. The molecule has 10 atom stereocenters. The third-order valence-electron chi connectivity index (χ3n) is 17.9. The number of carbonyl (C=O) groups is 18. The standard InChI is InChI=1S/C68H76N14O27S/c1-32-6-13-54(87)80(32)109-67(102)35-9-7-34(8-10-35)26-70-28-39-12-11-36(27-71-39)63(98)76-42(23-59(94)95)66(101)79-16-4-5-45(79)48(84)18-38(20-60(96)108-81-55(88)14-15-56(81)89)64(99)73-33(2)40-21-49(106-3)50(24-46(40)82(104)105)107-30-53(86)74-43(29-72-52(85)25-51-61-44(31-110-51)77-68(103)78-61)65(100)75-41(22-58(92)93)47(83)17-37(62(69)97)19-57(90)91/h7-12,21,24,26-27,33,37-38,41-45,51,61H,1,4-6,13-20,22-23,25,28-31H2,2-3H3,(H2,69,97)(H,72,85)(H,73,99)(H,74,86)(H,75,100)(H,76,98)(H,90,91)(H,92,93)(H,94,95)(H2,77,78,103). The molecule has 12 N–H and O–H groups in total. The van der Waals surface area contributed by atoms with Gasteiger partial charge in [0, 0.05) is 75.0 Å². The fourth-order valence-electron chi connectivity index (χ4n) is 12.2. The van der Waals surface area contributed by atoms with Crippen LogP contribution in [-0.4, -0.2) is 227 Å². The molecule has 42 heteroatoms. The first kappa shape index (κ1) is 82.9. The molecule has 41 nitrogen and oxygen atoms in total. The number of aliphatic carboxylic acids is 3. The van der Waals surface area contributed by atoms with Gasteiger partial charge in [0.15, 0.2) is 29.7 Å². The van der Waals surface area contributed by atoms with Crippen molar-refractivity contribution in [2.75, 3.05) is 32.6 Å². The number of ether oxygens (including phenoxy) is 2. The lowest BCUT2D eigenvalue weighted by molar-refractivity contribution is -0.385. The molecule has 3 aromatic rings. The third-order valence-corrected chi connectivity index (χ3v) is 19.3. The van der Waals surface area contributed by atoms with E-state index in [-0.39, 0.29) is 85.2 Å². The number of carbonyl (C=O) groups excluding carboxylic acids is 15. The van der Waals surface area contributed by atoms with E-state index in [9.17, 15) is 112 Å². The van der Waals surface area contributed by atoms with Gasteiger partial charge in [-0.1, -0.05) is 18.7 Å². The molecule has 2 aromatic carbocycles. The summed E-state index contributed by atoms with van der Waals surface area (Å²) in [6, 6.07) is 0.873. The van der Waals surface area contributed by atoms with Crippen LogP contribution in [0.5, 0.6) is 11.5 Å². The Hall–Kier alpha value is -12.8. The average Bonchev–Trinajstić information content (AvgIpc) is 1.61. The first-order chi connectivity index (χ1) is 52.2. The number of carboxylic acids is 3. The summed E-state index contributed by atoms with van der Waals surface area (Å²) in [5.74, 6) is -22.6. The minimum Gasteiger partial charge on any atom is -0.493 e. The zero-order valence-corrected chi connectivity index (χ0v) is 59.6. The number of nitrogens with one attached hydrogen (secondary N) is 7. The molecule has 0 saturated carbocycles. The summed E-state index contributed by atoms with van der Waals surface area (Å²) >= 11 is 1.35. The summed E-state index contributed by atoms with van der Waals surface area (Å²) in [5, 5.41) is 59.4. The van der Waals surface area contributed by atoms with Gasteiger partial charge in [0.1, 0.15) is 12.1 Å². The molecule has 586 valence electrons. The number of thioether (sulfide) groups is 1. The van der Waals surface area contributed by atoms with E-state index in [4.69, 9.17) is 24.9 Å². The summed E-state index contributed by atoms with van der Waals surface area (Å²) < 4.78 is 11.1. The number of aromatic nitrogens is 1. The van der Waals surface area contributed by atoms with E-state index >= 15 is 0 Å². The summed E-state index contributed by atoms with van der Waals surface area (Å²) in [6.45, 7) is 2.90. The Kier molecular flexibility index (Phi) is 28.4. The number of allylic oxidation sites excluding steroid dienone is 1. The number of nitrogens with two attached hydrogens (primary N) is 1. The molecule has 5 fully saturated rings. The second-order valence-corrected chi connectivity index (χ2v) is 27.1. The Balaban J connectivity index is 0.933. The highest BCUT2D eigenvalue weighted by atomic mass is 32.2. The van der Waals surface area contributed by atoms with Gasteiger partial charge in [-0.25, -0.2) is 14.4 Å². The number of aliphatic imine (C=N–C) groups is 1. The van der Waals surface area contributed by atoms with Crippen molar-refractivity contribution in [2.24, 2.45) is 22.6 Å².